The molecule has 0 aliphatic rings. The minimum Gasteiger partial charge on any atom is -0.350 e. The van der Waals surface area contributed by atoms with Crippen molar-refractivity contribution in [3.05, 3.63) is 52.6 Å². The van der Waals surface area contributed by atoms with Gasteiger partial charge in [-0.1, -0.05) is 0 Å². The number of nitro benzene ring substituents is 1. The summed E-state index contributed by atoms with van der Waals surface area (Å²) in [7, 11) is -4.54. The van der Waals surface area contributed by atoms with Crippen molar-refractivity contribution in [1.29, 1.82) is 0 Å². The van der Waals surface area contributed by atoms with Gasteiger partial charge in [0, 0.05) is 24.4 Å². The maximum atomic E-state index is 11.1. The van der Waals surface area contributed by atoms with Gasteiger partial charge in [-0.15, -0.1) is 0 Å². The summed E-state index contributed by atoms with van der Waals surface area (Å²) in [4.78, 5) is 20.7. The average Bonchev–Trinajstić information content (AvgIpc) is 2.47. The molecule has 10 heteroatoms. The van der Waals surface area contributed by atoms with Crippen LogP contribution >= 0.6 is 0 Å². The fraction of sp³-hybridized carbons (Fsp3) is 0.0714. The van der Waals surface area contributed by atoms with Crippen molar-refractivity contribution < 1.29 is 22.7 Å². The Labute approximate surface area is 137 Å². The lowest BCUT2D eigenvalue weighted by Gasteiger charge is -2.09. The molecule has 0 aromatic heterocycles. The number of nitrogens with zero attached hydrogens (tertiary/aromatic N) is 1. The highest BCUT2D eigenvalue weighted by molar-refractivity contribution is 7.85. The van der Waals surface area contributed by atoms with Crippen molar-refractivity contribution in [2.24, 2.45) is 0 Å². The van der Waals surface area contributed by atoms with Crippen LogP contribution in [0.4, 0.5) is 22.7 Å². The molecule has 24 heavy (non-hydrogen) atoms. The molecular formula is C14H13N3O6S. The third kappa shape index (κ3) is 4.27. The van der Waals surface area contributed by atoms with Crippen molar-refractivity contribution in [2.45, 2.75) is 11.8 Å². The molecule has 2 aromatic carbocycles. The van der Waals surface area contributed by atoms with E-state index in [-0.39, 0.29) is 11.6 Å². The molecule has 0 spiro atoms. The average molecular weight is 351 g/mol. The fourth-order valence-electron chi connectivity index (χ4n) is 1.92. The standard InChI is InChI=1S/C14H13N3O6S/c1-9(18)15-10-2-4-11(5-3-10)16-13-7-6-12(24(21,22)23)8-14(13)17(19)20/h2-8,16H,1H3,(H,15,18)(H,21,22,23). The first-order chi connectivity index (χ1) is 11.2. The molecule has 126 valence electrons. The Morgan fingerprint density at radius 1 is 1.12 bits per heavy atom. The molecule has 0 aliphatic heterocycles. The monoisotopic (exact) mass is 351 g/mol. The van der Waals surface area contributed by atoms with E-state index >= 15 is 0 Å². The van der Waals surface area contributed by atoms with Gasteiger partial charge in [-0.2, -0.15) is 8.42 Å². The van der Waals surface area contributed by atoms with Crippen LogP contribution in [0.25, 0.3) is 0 Å². The van der Waals surface area contributed by atoms with Crippen molar-refractivity contribution in [1.82, 2.24) is 0 Å². The Bertz CT molecular complexity index is 893. The second-order valence-corrected chi connectivity index (χ2v) is 6.22. The number of hydrogen-bond acceptors (Lipinski definition) is 6. The predicted octanol–water partition coefficient (Wildman–Crippen LogP) is 2.54. The summed E-state index contributed by atoms with van der Waals surface area (Å²) in [6.07, 6.45) is 0. The molecule has 0 unspecified atom stereocenters. The van der Waals surface area contributed by atoms with Gasteiger partial charge in [0.15, 0.2) is 0 Å². The van der Waals surface area contributed by atoms with E-state index in [1.807, 2.05) is 0 Å². The van der Waals surface area contributed by atoms with Gasteiger partial charge in [-0.25, -0.2) is 0 Å². The fourth-order valence-corrected chi connectivity index (χ4v) is 2.42. The van der Waals surface area contributed by atoms with Gasteiger partial charge >= 0.3 is 0 Å². The Morgan fingerprint density at radius 2 is 1.71 bits per heavy atom. The zero-order valence-corrected chi connectivity index (χ0v) is 13.2. The van der Waals surface area contributed by atoms with E-state index in [0.717, 1.165) is 12.1 Å². The van der Waals surface area contributed by atoms with E-state index in [1.54, 1.807) is 24.3 Å². The number of anilines is 3. The van der Waals surface area contributed by atoms with Crippen LogP contribution in [0.5, 0.6) is 0 Å². The number of benzene rings is 2. The van der Waals surface area contributed by atoms with Gasteiger partial charge < -0.3 is 10.6 Å². The molecule has 2 aromatic rings. The summed E-state index contributed by atoms with van der Waals surface area (Å²) in [6, 6.07) is 9.38. The van der Waals surface area contributed by atoms with E-state index in [9.17, 15) is 23.3 Å². The zero-order chi connectivity index (χ0) is 17.9. The summed E-state index contributed by atoms with van der Waals surface area (Å²) < 4.78 is 31.1. The number of nitro groups is 1. The van der Waals surface area contributed by atoms with Gasteiger partial charge in [-0.3, -0.25) is 19.5 Å². The highest BCUT2D eigenvalue weighted by atomic mass is 32.2. The molecule has 3 N–H and O–H groups in total. The second kappa shape index (κ2) is 6.64. The van der Waals surface area contributed by atoms with Crippen molar-refractivity contribution in [3.63, 3.8) is 0 Å². The van der Waals surface area contributed by atoms with E-state index < -0.39 is 25.6 Å². The van der Waals surface area contributed by atoms with E-state index in [2.05, 4.69) is 10.6 Å². The highest BCUT2D eigenvalue weighted by Gasteiger charge is 2.19. The molecule has 0 saturated heterocycles. The summed E-state index contributed by atoms with van der Waals surface area (Å²) in [5, 5.41) is 16.5. The molecule has 0 aliphatic carbocycles. The molecule has 0 saturated carbocycles. The summed E-state index contributed by atoms with van der Waals surface area (Å²) in [5.41, 5.74) is 0.604. The van der Waals surface area contributed by atoms with Crippen LogP contribution in [-0.2, 0) is 14.9 Å². The number of carbonyl (C=O) groups excluding carboxylic acids is 1. The lowest BCUT2D eigenvalue weighted by Crippen LogP contribution is -2.05. The Kier molecular flexibility index (Phi) is 4.81. The SMILES string of the molecule is CC(=O)Nc1ccc(Nc2ccc(S(=O)(=O)O)cc2[N+](=O)[O-])cc1. The van der Waals surface area contributed by atoms with Crippen LogP contribution in [0.2, 0.25) is 0 Å². The Hall–Kier alpha value is -2.98. The Morgan fingerprint density at radius 3 is 2.21 bits per heavy atom. The number of carbonyl (C=O) groups is 1. The smallest absolute Gasteiger partial charge is 0.294 e. The maximum absolute atomic E-state index is 11.1. The minimum atomic E-state index is -4.54. The highest BCUT2D eigenvalue weighted by Crippen LogP contribution is 2.30. The number of hydrogen-bond donors (Lipinski definition) is 3. The van der Waals surface area contributed by atoms with Crippen LogP contribution < -0.4 is 10.6 Å². The third-order valence-electron chi connectivity index (χ3n) is 2.95. The van der Waals surface area contributed by atoms with Crippen molar-refractivity contribution in [2.75, 3.05) is 10.6 Å². The topological polar surface area (TPSA) is 139 Å². The summed E-state index contributed by atoms with van der Waals surface area (Å²) >= 11 is 0. The molecular weight excluding hydrogens is 338 g/mol. The molecule has 2 rings (SSSR count). The van der Waals surface area contributed by atoms with E-state index in [0.29, 0.717) is 11.4 Å². The molecule has 0 radical (unpaired) electrons. The number of nitrogens with one attached hydrogen (secondary N) is 2. The van der Waals surface area contributed by atoms with Crippen molar-refractivity contribution >= 4 is 38.8 Å². The minimum absolute atomic E-state index is 0.0553. The lowest BCUT2D eigenvalue weighted by atomic mass is 10.2. The lowest BCUT2D eigenvalue weighted by molar-refractivity contribution is -0.384. The van der Waals surface area contributed by atoms with Crippen LogP contribution in [0.3, 0.4) is 0 Å². The molecule has 0 bridgehead atoms. The molecule has 0 heterocycles. The quantitative estimate of drug-likeness (QED) is 0.427. The predicted molar refractivity (Wildman–Crippen MR) is 86.9 cm³/mol. The molecule has 0 fully saturated rings. The summed E-state index contributed by atoms with van der Waals surface area (Å²) in [6.45, 7) is 1.37. The second-order valence-electron chi connectivity index (χ2n) is 4.79. The van der Waals surface area contributed by atoms with Gasteiger partial charge in [0.25, 0.3) is 15.8 Å². The first kappa shape index (κ1) is 17.4. The van der Waals surface area contributed by atoms with Gasteiger partial charge in [0.1, 0.15) is 10.6 Å². The molecule has 9 nitrogen and oxygen atoms in total. The number of amides is 1. The van der Waals surface area contributed by atoms with E-state index in [4.69, 9.17) is 4.55 Å². The Balaban J connectivity index is 2.32. The van der Waals surface area contributed by atoms with Crippen molar-refractivity contribution in [3.8, 4) is 0 Å². The van der Waals surface area contributed by atoms with Crippen LogP contribution in [0.15, 0.2) is 47.4 Å². The number of rotatable bonds is 5. The van der Waals surface area contributed by atoms with Gasteiger partial charge in [-0.05, 0) is 36.4 Å². The van der Waals surface area contributed by atoms with Gasteiger partial charge in [0.2, 0.25) is 5.91 Å². The van der Waals surface area contributed by atoms with Crippen LogP contribution in [-0.4, -0.2) is 23.8 Å². The van der Waals surface area contributed by atoms with E-state index in [1.165, 1.54) is 13.0 Å². The third-order valence-corrected chi connectivity index (χ3v) is 3.80. The normalized spacial score (nSPS) is 10.9. The summed E-state index contributed by atoms with van der Waals surface area (Å²) in [5.74, 6) is -0.229. The zero-order valence-electron chi connectivity index (χ0n) is 12.4. The first-order valence-corrected chi connectivity index (χ1v) is 8.01. The largest absolute Gasteiger partial charge is 0.350 e. The molecule has 0 atom stereocenters. The maximum Gasteiger partial charge on any atom is 0.294 e. The first-order valence-electron chi connectivity index (χ1n) is 6.57. The molecule has 1 amide bonds. The van der Waals surface area contributed by atoms with Crippen LogP contribution in [0, 0.1) is 10.1 Å². The van der Waals surface area contributed by atoms with Crippen LogP contribution in [0.1, 0.15) is 6.92 Å². The van der Waals surface area contributed by atoms with Gasteiger partial charge in [0.05, 0.1) is 4.92 Å².